The molecule has 2 aromatic rings. The van der Waals surface area contributed by atoms with E-state index in [-0.39, 0.29) is 16.9 Å². The molecule has 2 aromatic carbocycles. The molecule has 1 aliphatic heterocycles. The van der Waals surface area contributed by atoms with Gasteiger partial charge in [-0.1, -0.05) is 29.8 Å². The van der Waals surface area contributed by atoms with Gasteiger partial charge >= 0.3 is 6.03 Å². The number of urea groups is 1. The van der Waals surface area contributed by atoms with E-state index < -0.39 is 33.9 Å². The van der Waals surface area contributed by atoms with E-state index in [0.29, 0.717) is 23.7 Å². The van der Waals surface area contributed by atoms with Crippen molar-refractivity contribution in [2.75, 3.05) is 13.1 Å². The number of benzene rings is 2. The van der Waals surface area contributed by atoms with E-state index in [4.69, 9.17) is 17.3 Å². The van der Waals surface area contributed by atoms with E-state index in [1.54, 1.807) is 24.3 Å². The number of hydrogen-bond acceptors (Lipinski definition) is 5. The second-order valence-corrected chi connectivity index (χ2v) is 9.83. The fourth-order valence-corrected chi connectivity index (χ4v) is 5.12. The first-order valence-corrected chi connectivity index (χ1v) is 12.0. The Balaban J connectivity index is 1.63. The Morgan fingerprint density at radius 3 is 2.33 bits per heavy atom. The highest BCUT2D eigenvalue weighted by molar-refractivity contribution is 7.89. The summed E-state index contributed by atoms with van der Waals surface area (Å²) >= 11 is 5.87. The van der Waals surface area contributed by atoms with E-state index in [0.717, 1.165) is 12.8 Å². The van der Waals surface area contributed by atoms with Gasteiger partial charge in [-0.15, -0.1) is 0 Å². The molecule has 10 nitrogen and oxygen atoms in total. The topological polar surface area (TPSA) is 151 Å². The highest BCUT2D eigenvalue weighted by Gasteiger charge is 2.27. The third kappa shape index (κ3) is 6.44. The minimum Gasteiger partial charge on any atom is -0.352 e. The van der Waals surface area contributed by atoms with Crippen molar-refractivity contribution in [3.8, 4) is 0 Å². The van der Waals surface area contributed by atoms with Crippen LogP contribution in [0.15, 0.2) is 53.4 Å². The minimum atomic E-state index is -3.68. The van der Waals surface area contributed by atoms with Gasteiger partial charge in [0.1, 0.15) is 0 Å². The van der Waals surface area contributed by atoms with Crippen LogP contribution >= 0.6 is 11.6 Å². The molecular weight excluding hydrogens is 470 g/mol. The summed E-state index contributed by atoms with van der Waals surface area (Å²) in [6.07, 6.45) is 1.38. The molecule has 1 saturated heterocycles. The maximum atomic E-state index is 12.7. The van der Waals surface area contributed by atoms with Gasteiger partial charge < -0.3 is 11.1 Å². The van der Waals surface area contributed by atoms with Gasteiger partial charge in [0.25, 0.3) is 5.91 Å². The third-order valence-corrected chi connectivity index (χ3v) is 7.24. The molecule has 0 radical (unpaired) electrons. The number of hydrogen-bond donors (Lipinski definition) is 4. The number of sulfonamides is 1. The largest absolute Gasteiger partial charge is 0.352 e. The van der Waals surface area contributed by atoms with Gasteiger partial charge in [-0.2, -0.15) is 4.31 Å². The van der Waals surface area contributed by atoms with E-state index in [2.05, 4.69) is 16.2 Å². The van der Waals surface area contributed by atoms with Crippen LogP contribution in [-0.2, 0) is 14.8 Å². The normalized spacial score (nSPS) is 14.9. The molecule has 33 heavy (non-hydrogen) atoms. The van der Waals surface area contributed by atoms with Crippen LogP contribution in [0.3, 0.4) is 0 Å². The van der Waals surface area contributed by atoms with Crippen molar-refractivity contribution in [2.24, 2.45) is 5.73 Å². The van der Waals surface area contributed by atoms with E-state index in [9.17, 15) is 22.8 Å². The first kappa shape index (κ1) is 24.5. The number of carbonyl (C=O) groups excluding carboxylic acids is 3. The van der Waals surface area contributed by atoms with Crippen molar-refractivity contribution < 1.29 is 22.8 Å². The molecule has 0 aliphatic carbocycles. The highest BCUT2D eigenvalue weighted by atomic mass is 35.5. The Morgan fingerprint density at radius 2 is 1.70 bits per heavy atom. The Morgan fingerprint density at radius 1 is 1.03 bits per heavy atom. The average molecular weight is 494 g/mol. The summed E-state index contributed by atoms with van der Waals surface area (Å²) in [6.45, 7) is 0.895. The predicted octanol–water partition coefficient (Wildman–Crippen LogP) is 1.69. The number of rotatable bonds is 7. The minimum absolute atomic E-state index is 0.0110. The molecule has 5 N–H and O–H groups in total. The van der Waals surface area contributed by atoms with Crippen LogP contribution in [0.4, 0.5) is 4.79 Å². The molecule has 1 atom stereocenters. The standard InChI is InChI=1S/C21H24ClN5O5S/c22-16-8-6-14(7-9-16)18(24-21(23)30)13-19(28)25-26-20(29)15-4-3-5-17(12-15)33(31,32)27-10-1-2-11-27/h3-9,12,18H,1-2,10-11,13H2,(H,25,28)(H,26,29)(H3,23,24,30)/t18-/m1/s1. The molecule has 1 fully saturated rings. The Kier molecular flexibility index (Phi) is 7.90. The van der Waals surface area contributed by atoms with Gasteiger partial charge in [0.05, 0.1) is 17.4 Å². The van der Waals surface area contributed by atoms with Gasteiger partial charge in [-0.3, -0.25) is 20.4 Å². The fourth-order valence-electron chi connectivity index (χ4n) is 3.43. The Hall–Kier alpha value is -3.15. The third-order valence-electron chi connectivity index (χ3n) is 5.09. The van der Waals surface area contributed by atoms with Crippen LogP contribution < -0.4 is 21.9 Å². The van der Waals surface area contributed by atoms with Gasteiger partial charge in [0.2, 0.25) is 15.9 Å². The van der Waals surface area contributed by atoms with Crippen LogP contribution in [0, 0.1) is 0 Å². The molecule has 0 aromatic heterocycles. The van der Waals surface area contributed by atoms with Gasteiger partial charge in [0.15, 0.2) is 0 Å². The Labute approximate surface area is 196 Å². The molecule has 4 amide bonds. The monoisotopic (exact) mass is 493 g/mol. The van der Waals surface area contributed by atoms with E-state index in [1.165, 1.54) is 28.6 Å². The number of halogens is 1. The van der Waals surface area contributed by atoms with Crippen LogP contribution in [0.1, 0.15) is 41.2 Å². The van der Waals surface area contributed by atoms with Crippen molar-refractivity contribution in [1.29, 1.82) is 0 Å². The predicted molar refractivity (Wildman–Crippen MR) is 122 cm³/mol. The summed E-state index contributed by atoms with van der Waals surface area (Å²) in [6, 6.07) is 10.5. The number of nitrogens with one attached hydrogen (secondary N) is 3. The van der Waals surface area contributed by atoms with E-state index in [1.807, 2.05) is 0 Å². The Bertz CT molecular complexity index is 1130. The number of primary amides is 1. The zero-order chi connectivity index (χ0) is 24.0. The lowest BCUT2D eigenvalue weighted by Crippen LogP contribution is -2.44. The molecule has 0 bridgehead atoms. The SMILES string of the molecule is NC(=O)N[C@H](CC(=O)NNC(=O)c1cccc(S(=O)(=O)N2CCCC2)c1)c1ccc(Cl)cc1. The number of amides is 4. The lowest BCUT2D eigenvalue weighted by Gasteiger charge is -2.18. The fraction of sp³-hybridized carbons (Fsp3) is 0.286. The second-order valence-electron chi connectivity index (χ2n) is 7.46. The number of carbonyl (C=O) groups is 3. The summed E-state index contributed by atoms with van der Waals surface area (Å²) in [4.78, 5) is 36.2. The average Bonchev–Trinajstić information content (AvgIpc) is 3.33. The maximum Gasteiger partial charge on any atom is 0.312 e. The molecule has 0 unspecified atom stereocenters. The van der Waals surface area contributed by atoms with Gasteiger partial charge in [-0.05, 0) is 48.7 Å². The first-order valence-electron chi connectivity index (χ1n) is 10.2. The van der Waals surface area contributed by atoms with E-state index >= 15 is 0 Å². The van der Waals surface area contributed by atoms with Gasteiger partial charge in [0, 0.05) is 23.7 Å². The summed E-state index contributed by atoms with van der Waals surface area (Å²) in [7, 11) is -3.68. The van der Waals surface area contributed by atoms with Crippen LogP contribution in [-0.4, -0.2) is 43.7 Å². The van der Waals surface area contributed by atoms with Crippen molar-refractivity contribution in [3.63, 3.8) is 0 Å². The zero-order valence-corrected chi connectivity index (χ0v) is 19.2. The molecule has 12 heteroatoms. The highest BCUT2D eigenvalue weighted by Crippen LogP contribution is 2.22. The lowest BCUT2D eigenvalue weighted by atomic mass is 10.0. The zero-order valence-electron chi connectivity index (χ0n) is 17.6. The van der Waals surface area contributed by atoms with Crippen molar-refractivity contribution >= 4 is 39.5 Å². The van der Waals surface area contributed by atoms with Crippen LogP contribution in [0.25, 0.3) is 0 Å². The number of nitrogens with zero attached hydrogens (tertiary/aromatic N) is 1. The number of nitrogens with two attached hydrogens (primary N) is 1. The molecule has 0 spiro atoms. The second kappa shape index (κ2) is 10.6. The summed E-state index contributed by atoms with van der Waals surface area (Å²) in [5.41, 5.74) is 10.4. The van der Waals surface area contributed by atoms with Crippen LogP contribution in [0.5, 0.6) is 0 Å². The molecule has 3 rings (SSSR count). The van der Waals surface area contributed by atoms with Gasteiger partial charge in [-0.25, -0.2) is 13.2 Å². The van der Waals surface area contributed by atoms with Crippen molar-refractivity contribution in [3.05, 3.63) is 64.7 Å². The smallest absolute Gasteiger partial charge is 0.312 e. The number of hydrazine groups is 1. The molecule has 0 saturated carbocycles. The summed E-state index contributed by atoms with van der Waals surface area (Å²) in [5, 5.41) is 2.96. The maximum absolute atomic E-state index is 12.7. The molecule has 176 valence electrons. The van der Waals surface area contributed by atoms with Crippen molar-refractivity contribution in [1.82, 2.24) is 20.5 Å². The quantitative estimate of drug-likeness (QED) is 0.433. The molecule has 1 heterocycles. The summed E-state index contributed by atoms with van der Waals surface area (Å²) < 4.78 is 26.8. The molecular formula is C21H24ClN5O5S. The van der Waals surface area contributed by atoms with Crippen LogP contribution in [0.2, 0.25) is 5.02 Å². The first-order chi connectivity index (χ1) is 15.7. The van der Waals surface area contributed by atoms with Crippen molar-refractivity contribution in [2.45, 2.75) is 30.2 Å². The molecule has 1 aliphatic rings. The summed E-state index contributed by atoms with van der Waals surface area (Å²) in [5.74, 6) is -1.29. The lowest BCUT2D eigenvalue weighted by molar-refractivity contribution is -0.122.